The molecule has 8 nitrogen and oxygen atoms in total. The van der Waals surface area contributed by atoms with Gasteiger partial charge in [0.25, 0.3) is 0 Å². The number of nitrogens with one attached hydrogen (secondary N) is 1. The third-order valence-corrected chi connectivity index (χ3v) is 16.6. The molecule has 9 heteroatoms. The predicted molar refractivity (Wildman–Crippen MR) is 400 cm³/mol. The molecule has 0 bridgehead atoms. The molecule has 0 radical (unpaired) electrons. The Kier molecular flexibility index (Phi) is 67.0. The first-order valence-electron chi connectivity index (χ1n) is 37.0. The van der Waals surface area contributed by atoms with E-state index in [9.17, 15) is 19.4 Å². The molecular weight excluding hydrogens is 1140 g/mol. The molecule has 0 saturated heterocycles. The first kappa shape index (κ1) is 86.9. The number of aliphatic hydroxyl groups excluding tert-OH is 1. The number of amides is 1. The van der Waals surface area contributed by atoms with E-state index in [-0.39, 0.29) is 19.1 Å². The zero-order valence-electron chi connectivity index (χ0n) is 59.3. The molecule has 0 aliphatic rings. The summed E-state index contributed by atoms with van der Waals surface area (Å²) >= 11 is 0. The molecule has 0 aromatic heterocycles. The second-order valence-corrected chi connectivity index (χ2v) is 27.0. The molecule has 0 aromatic rings. The van der Waals surface area contributed by atoms with E-state index < -0.39 is 20.0 Å². The number of hydrogen-bond acceptors (Lipinski definition) is 5. The van der Waals surface area contributed by atoms with Gasteiger partial charge in [-0.2, -0.15) is 0 Å². The van der Waals surface area contributed by atoms with Gasteiger partial charge in [-0.3, -0.25) is 13.8 Å². The van der Waals surface area contributed by atoms with Crippen LogP contribution in [0.15, 0.2) is 170 Å². The lowest BCUT2D eigenvalue weighted by molar-refractivity contribution is -0.870. The maximum absolute atomic E-state index is 13.1. The van der Waals surface area contributed by atoms with Crippen molar-refractivity contribution >= 4 is 13.7 Å². The van der Waals surface area contributed by atoms with Crippen molar-refractivity contribution in [3.8, 4) is 0 Å². The molecule has 0 aromatic carbocycles. The van der Waals surface area contributed by atoms with Gasteiger partial charge in [-0.1, -0.05) is 325 Å². The van der Waals surface area contributed by atoms with Gasteiger partial charge < -0.3 is 19.8 Å². The number of hydrogen-bond donors (Lipinski definition) is 3. The lowest BCUT2D eigenvalue weighted by atomic mass is 10.0. The maximum atomic E-state index is 13.1. The largest absolute Gasteiger partial charge is 0.472 e. The minimum atomic E-state index is -4.39. The van der Waals surface area contributed by atoms with Gasteiger partial charge in [-0.25, -0.2) is 4.57 Å². The molecule has 0 spiro atoms. The fraction of sp³-hybridized carbons (Fsp3) is 0.646. The standard InChI is InChI=1S/C82H139N2O6P/c1-6-8-10-12-14-16-18-20-22-24-26-28-30-32-34-36-38-39-40-41-42-43-44-45-46-48-50-52-54-56-58-60-62-64-66-68-70-72-74-76-82(86)83-80(79-90-91(87,88)89-78-77-84(3,4)5)81(85)75-73-71-69-67-65-63-61-59-57-55-53-51-49-47-37-35-33-31-29-27-25-23-21-19-17-15-13-11-9-7-2/h8,10,14,16,20,22,26,28,32,34,38-39,41-42,44-45,48,50,54,56-57,59-60,62,65,67,73,75,80-81,85H,6-7,9,11-13,15,17-19,21,23-25,27,29-31,33,35-37,40,43,46-47,49,51-53,55,58,61,63-64,66,68-72,74,76-79H2,1-5H3,(H-,83,86,87,88)/p+1/b10-8-,16-14-,22-20-,28-26-,34-32-,39-38-,42-41-,45-44-,50-48-,56-54-,59-57+,62-60-,67-65+,75-73+. The summed E-state index contributed by atoms with van der Waals surface area (Å²) in [6, 6.07) is -0.896. The topological polar surface area (TPSA) is 105 Å². The predicted octanol–water partition coefficient (Wildman–Crippen LogP) is 24.3. The van der Waals surface area contributed by atoms with Crippen LogP contribution in [0.25, 0.3) is 0 Å². The van der Waals surface area contributed by atoms with E-state index >= 15 is 0 Å². The van der Waals surface area contributed by atoms with Crippen molar-refractivity contribution in [2.45, 2.75) is 302 Å². The van der Waals surface area contributed by atoms with E-state index in [1.54, 1.807) is 6.08 Å². The zero-order chi connectivity index (χ0) is 66.2. The molecule has 3 atom stereocenters. The molecule has 0 rings (SSSR count). The number of phosphoric ester groups is 1. The number of allylic oxidation sites excluding steroid dienone is 27. The molecule has 3 N–H and O–H groups in total. The third-order valence-electron chi connectivity index (χ3n) is 15.6. The first-order chi connectivity index (χ1) is 44.5. The number of nitrogens with zero attached hydrogens (tertiary/aromatic N) is 1. The summed E-state index contributed by atoms with van der Waals surface area (Å²) in [6.07, 6.45) is 111. The summed E-state index contributed by atoms with van der Waals surface area (Å²) in [5.41, 5.74) is 0. The van der Waals surface area contributed by atoms with Crippen LogP contribution in [0, 0.1) is 0 Å². The lowest BCUT2D eigenvalue weighted by Gasteiger charge is -2.25. The van der Waals surface area contributed by atoms with Crippen molar-refractivity contribution in [3.05, 3.63) is 170 Å². The lowest BCUT2D eigenvalue weighted by Crippen LogP contribution is -2.45. The summed E-state index contributed by atoms with van der Waals surface area (Å²) < 4.78 is 23.8. The highest BCUT2D eigenvalue weighted by atomic mass is 31.2. The second-order valence-electron chi connectivity index (χ2n) is 25.6. The van der Waals surface area contributed by atoms with E-state index in [1.807, 2.05) is 27.2 Å². The summed E-state index contributed by atoms with van der Waals surface area (Å²) in [7, 11) is 1.51. The highest BCUT2D eigenvalue weighted by Crippen LogP contribution is 2.43. The Morgan fingerprint density at radius 1 is 0.385 bits per heavy atom. The van der Waals surface area contributed by atoms with Crippen LogP contribution in [0.5, 0.6) is 0 Å². The van der Waals surface area contributed by atoms with Gasteiger partial charge in [0.05, 0.1) is 39.9 Å². The third kappa shape index (κ3) is 73.1. The molecule has 1 amide bonds. The van der Waals surface area contributed by atoms with Crippen molar-refractivity contribution in [2.75, 3.05) is 40.9 Å². The van der Waals surface area contributed by atoms with Crippen LogP contribution in [-0.4, -0.2) is 73.4 Å². The molecule has 0 aliphatic heterocycles. The van der Waals surface area contributed by atoms with E-state index in [2.05, 4.69) is 177 Å². The van der Waals surface area contributed by atoms with Crippen molar-refractivity contribution < 1.29 is 32.9 Å². The Bertz CT molecular complexity index is 2090. The number of carbonyl (C=O) groups excluding carboxylic acids is 1. The summed E-state index contributed by atoms with van der Waals surface area (Å²) in [5, 5.41) is 14.0. The number of carbonyl (C=O) groups is 1. The van der Waals surface area contributed by atoms with Crippen molar-refractivity contribution in [1.29, 1.82) is 0 Å². The molecule has 0 aliphatic carbocycles. The van der Waals surface area contributed by atoms with Crippen LogP contribution < -0.4 is 5.32 Å². The van der Waals surface area contributed by atoms with Crippen LogP contribution >= 0.6 is 7.82 Å². The van der Waals surface area contributed by atoms with Gasteiger partial charge in [0.15, 0.2) is 0 Å². The van der Waals surface area contributed by atoms with E-state index in [0.29, 0.717) is 17.4 Å². The number of quaternary nitrogens is 1. The molecular formula is C82H140N2O6P+. The number of phosphoric acid groups is 1. The zero-order valence-corrected chi connectivity index (χ0v) is 60.2. The number of rotatable bonds is 66. The van der Waals surface area contributed by atoms with Crippen molar-refractivity contribution in [2.24, 2.45) is 0 Å². The average molecular weight is 1280 g/mol. The molecule has 0 saturated carbocycles. The van der Waals surface area contributed by atoms with Crippen molar-refractivity contribution in [1.82, 2.24) is 5.32 Å². The first-order valence-corrected chi connectivity index (χ1v) is 38.5. The Morgan fingerprint density at radius 3 is 1.01 bits per heavy atom. The van der Waals surface area contributed by atoms with Crippen LogP contribution in [0.4, 0.5) is 0 Å². The van der Waals surface area contributed by atoms with E-state index in [1.165, 1.54) is 135 Å². The molecule has 0 fully saturated rings. The fourth-order valence-corrected chi connectivity index (χ4v) is 10.7. The van der Waals surface area contributed by atoms with Gasteiger partial charge in [0.2, 0.25) is 5.91 Å². The highest BCUT2D eigenvalue weighted by Gasteiger charge is 2.28. The Balaban J connectivity index is 4.23. The molecule has 3 unspecified atom stereocenters. The summed E-state index contributed by atoms with van der Waals surface area (Å²) in [6.45, 7) is 4.66. The number of likely N-dealkylation sites (N-methyl/N-ethyl adjacent to an activating group) is 1. The van der Waals surface area contributed by atoms with Gasteiger partial charge >= 0.3 is 7.82 Å². The van der Waals surface area contributed by atoms with Gasteiger partial charge in [-0.05, 0) is 128 Å². The average Bonchev–Trinajstić information content (AvgIpc) is 3.58. The fourth-order valence-electron chi connectivity index (χ4n) is 9.96. The second kappa shape index (κ2) is 70.2. The smallest absolute Gasteiger partial charge is 0.387 e. The Hall–Kier alpha value is -4.14. The Morgan fingerprint density at radius 2 is 0.670 bits per heavy atom. The molecule has 0 heterocycles. The van der Waals surface area contributed by atoms with E-state index in [0.717, 1.165) is 135 Å². The summed E-state index contributed by atoms with van der Waals surface area (Å²) in [4.78, 5) is 23.4. The van der Waals surface area contributed by atoms with Crippen LogP contribution in [0.2, 0.25) is 0 Å². The normalized spacial score (nSPS) is 14.6. The van der Waals surface area contributed by atoms with Crippen LogP contribution in [-0.2, 0) is 18.4 Å². The highest BCUT2D eigenvalue weighted by molar-refractivity contribution is 7.47. The molecule has 91 heavy (non-hydrogen) atoms. The number of unbranched alkanes of at least 4 members (excludes halogenated alkanes) is 27. The van der Waals surface area contributed by atoms with Gasteiger partial charge in [-0.15, -0.1) is 0 Å². The SMILES string of the molecule is CC/C=C\C/C=C\C/C=C\C/C=C\C/C=C\C/C=C\C/C=C\C/C=C\C/C=C\C/C=C\C/C=C\CCCCCCCC(=O)NC(COP(=O)(O)OCC[N+](C)(C)C)C(O)/C=C/CC/C=C/CC/C=C/CCCCCCCCCCCCCCCCCCCCCC. The minimum absolute atomic E-state index is 0.0403. The van der Waals surface area contributed by atoms with Gasteiger partial charge in [0, 0.05) is 6.42 Å². The van der Waals surface area contributed by atoms with Crippen LogP contribution in [0.1, 0.15) is 290 Å². The van der Waals surface area contributed by atoms with Crippen molar-refractivity contribution in [3.63, 3.8) is 0 Å². The maximum Gasteiger partial charge on any atom is 0.472 e. The monoisotopic (exact) mass is 1280 g/mol. The number of aliphatic hydroxyl groups is 1. The van der Waals surface area contributed by atoms with Crippen LogP contribution in [0.3, 0.4) is 0 Å². The minimum Gasteiger partial charge on any atom is -0.387 e. The molecule has 518 valence electrons. The quantitative estimate of drug-likeness (QED) is 0.0243. The summed E-state index contributed by atoms with van der Waals surface area (Å²) in [5.74, 6) is -0.215. The Labute approximate surface area is 562 Å². The van der Waals surface area contributed by atoms with E-state index in [4.69, 9.17) is 9.05 Å². The van der Waals surface area contributed by atoms with Gasteiger partial charge in [0.1, 0.15) is 13.2 Å².